The Morgan fingerprint density at radius 3 is 2.58 bits per heavy atom. The van der Waals surface area contributed by atoms with E-state index < -0.39 is 0 Å². The molecule has 0 aromatic heterocycles. The summed E-state index contributed by atoms with van der Waals surface area (Å²) >= 11 is 0. The third kappa shape index (κ3) is 4.03. The highest BCUT2D eigenvalue weighted by atomic mass is 16.5. The van der Waals surface area contributed by atoms with Crippen LogP contribution >= 0.6 is 0 Å². The molecule has 1 fully saturated rings. The Hall–Kier alpha value is -0.900. The number of hydrogen-bond donors (Lipinski definition) is 1. The molecule has 1 aromatic rings. The van der Waals surface area contributed by atoms with Crippen LogP contribution in [0.1, 0.15) is 37.8 Å². The number of ether oxygens (including phenoxy) is 1. The minimum atomic E-state index is 0.0562. The summed E-state index contributed by atoms with van der Waals surface area (Å²) in [5, 5.41) is 0. The first-order valence-electron chi connectivity index (χ1n) is 7.13. The molecule has 1 aliphatic heterocycles. The molecule has 0 bridgehead atoms. The van der Waals surface area contributed by atoms with E-state index >= 15 is 0 Å². The van der Waals surface area contributed by atoms with E-state index in [1.807, 2.05) is 6.07 Å². The van der Waals surface area contributed by atoms with Gasteiger partial charge in [-0.15, -0.1) is 0 Å². The lowest BCUT2D eigenvalue weighted by Crippen LogP contribution is -2.31. The van der Waals surface area contributed by atoms with E-state index in [0.717, 1.165) is 25.9 Å². The largest absolute Gasteiger partial charge is 0.371 e. The monoisotopic (exact) mass is 262 g/mol. The second-order valence-corrected chi connectivity index (χ2v) is 6.21. The maximum atomic E-state index is 6.05. The lowest BCUT2D eigenvalue weighted by atomic mass is 10.1. The maximum absolute atomic E-state index is 6.05. The summed E-state index contributed by atoms with van der Waals surface area (Å²) in [4.78, 5) is 2.33. The van der Waals surface area contributed by atoms with Gasteiger partial charge >= 0.3 is 0 Å². The highest BCUT2D eigenvalue weighted by Gasteiger charge is 2.31. The van der Waals surface area contributed by atoms with Gasteiger partial charge in [0.25, 0.3) is 0 Å². The molecule has 0 aliphatic carbocycles. The average Bonchev–Trinajstić information content (AvgIpc) is 2.69. The Morgan fingerprint density at radius 2 is 2.00 bits per heavy atom. The zero-order valence-electron chi connectivity index (χ0n) is 12.4. The van der Waals surface area contributed by atoms with E-state index in [-0.39, 0.29) is 5.60 Å². The van der Waals surface area contributed by atoms with Crippen molar-refractivity contribution in [1.29, 1.82) is 0 Å². The van der Waals surface area contributed by atoms with E-state index in [1.54, 1.807) is 0 Å². The fourth-order valence-corrected chi connectivity index (χ4v) is 2.82. The summed E-state index contributed by atoms with van der Waals surface area (Å²) in [5.41, 5.74) is 8.40. The van der Waals surface area contributed by atoms with Crippen molar-refractivity contribution < 1.29 is 4.74 Å². The van der Waals surface area contributed by atoms with Gasteiger partial charge in [0.15, 0.2) is 0 Å². The van der Waals surface area contributed by atoms with E-state index in [9.17, 15) is 0 Å². The van der Waals surface area contributed by atoms with Crippen LogP contribution in [0.25, 0.3) is 0 Å². The fourth-order valence-electron chi connectivity index (χ4n) is 2.82. The SMILES string of the molecule is CN(Cc1ccccc1CN)CC1CCC(C)(C)O1. The van der Waals surface area contributed by atoms with Crippen molar-refractivity contribution in [2.75, 3.05) is 13.6 Å². The molecule has 0 amide bonds. The van der Waals surface area contributed by atoms with Crippen LogP contribution in [0.5, 0.6) is 0 Å². The third-order valence-corrected chi connectivity index (χ3v) is 3.85. The van der Waals surface area contributed by atoms with Crippen LogP contribution in [0.2, 0.25) is 0 Å². The van der Waals surface area contributed by atoms with Crippen LogP contribution in [0.3, 0.4) is 0 Å². The van der Waals surface area contributed by atoms with Gasteiger partial charge in [-0.05, 0) is 44.9 Å². The number of rotatable bonds is 5. The number of likely N-dealkylation sites (N-methyl/N-ethyl adjacent to an activating group) is 1. The summed E-state index contributed by atoms with van der Waals surface area (Å²) in [6.45, 7) is 6.89. The predicted octanol–water partition coefficient (Wildman–Crippen LogP) is 2.53. The zero-order chi connectivity index (χ0) is 13.9. The average molecular weight is 262 g/mol. The normalized spacial score (nSPS) is 22.1. The molecule has 1 heterocycles. The van der Waals surface area contributed by atoms with Crippen LogP contribution in [-0.2, 0) is 17.8 Å². The molecule has 2 N–H and O–H groups in total. The van der Waals surface area contributed by atoms with Gasteiger partial charge in [0.05, 0.1) is 11.7 Å². The highest BCUT2D eigenvalue weighted by molar-refractivity contribution is 5.26. The summed E-state index contributed by atoms with van der Waals surface area (Å²) in [5.74, 6) is 0. The molecule has 1 aliphatic rings. The maximum Gasteiger partial charge on any atom is 0.0710 e. The first kappa shape index (κ1) is 14.5. The molecule has 0 saturated carbocycles. The molecule has 19 heavy (non-hydrogen) atoms. The Kier molecular flexibility index (Phi) is 4.61. The van der Waals surface area contributed by atoms with Gasteiger partial charge in [0.2, 0.25) is 0 Å². The molecule has 3 heteroatoms. The predicted molar refractivity (Wildman–Crippen MR) is 78.9 cm³/mol. The van der Waals surface area contributed by atoms with Crippen molar-refractivity contribution in [3.05, 3.63) is 35.4 Å². The molecule has 0 spiro atoms. The van der Waals surface area contributed by atoms with Crippen molar-refractivity contribution in [2.45, 2.75) is 51.5 Å². The van der Waals surface area contributed by atoms with Gasteiger partial charge in [0, 0.05) is 19.6 Å². The molecule has 106 valence electrons. The Balaban J connectivity index is 1.89. The van der Waals surface area contributed by atoms with Gasteiger partial charge in [-0.2, -0.15) is 0 Å². The van der Waals surface area contributed by atoms with E-state index in [0.29, 0.717) is 12.6 Å². The first-order valence-corrected chi connectivity index (χ1v) is 7.13. The van der Waals surface area contributed by atoms with Crippen molar-refractivity contribution in [1.82, 2.24) is 4.90 Å². The third-order valence-electron chi connectivity index (χ3n) is 3.85. The van der Waals surface area contributed by atoms with Gasteiger partial charge in [0.1, 0.15) is 0 Å². The Labute approximate surface area is 116 Å². The number of nitrogens with two attached hydrogens (primary N) is 1. The molecule has 3 nitrogen and oxygen atoms in total. The molecule has 2 rings (SSSR count). The van der Waals surface area contributed by atoms with Crippen LogP contribution in [0, 0.1) is 0 Å². The van der Waals surface area contributed by atoms with E-state index in [2.05, 4.69) is 44.0 Å². The smallest absolute Gasteiger partial charge is 0.0710 e. The van der Waals surface area contributed by atoms with Crippen molar-refractivity contribution in [3.8, 4) is 0 Å². The topological polar surface area (TPSA) is 38.5 Å². The summed E-state index contributed by atoms with van der Waals surface area (Å²) in [6.07, 6.45) is 2.69. The molecule has 1 atom stereocenters. The number of benzene rings is 1. The number of nitrogens with zero attached hydrogens (tertiary/aromatic N) is 1. The van der Waals surface area contributed by atoms with E-state index in [1.165, 1.54) is 11.1 Å². The van der Waals surface area contributed by atoms with Gasteiger partial charge in [-0.1, -0.05) is 24.3 Å². The van der Waals surface area contributed by atoms with Gasteiger partial charge in [-0.3, -0.25) is 4.90 Å². The van der Waals surface area contributed by atoms with Crippen molar-refractivity contribution in [3.63, 3.8) is 0 Å². The van der Waals surface area contributed by atoms with Crippen LogP contribution in [0.15, 0.2) is 24.3 Å². The van der Waals surface area contributed by atoms with Crippen molar-refractivity contribution >= 4 is 0 Å². The van der Waals surface area contributed by atoms with Gasteiger partial charge in [-0.25, -0.2) is 0 Å². The standard InChI is InChI=1S/C16H26N2O/c1-16(2)9-8-15(19-16)12-18(3)11-14-7-5-4-6-13(14)10-17/h4-7,15H,8-12,17H2,1-3H3. The highest BCUT2D eigenvalue weighted by Crippen LogP contribution is 2.29. The van der Waals surface area contributed by atoms with Crippen LogP contribution in [0.4, 0.5) is 0 Å². The lowest BCUT2D eigenvalue weighted by Gasteiger charge is -2.24. The Bertz CT molecular complexity index is 417. The molecule has 1 aromatic carbocycles. The summed E-state index contributed by atoms with van der Waals surface area (Å²) in [6, 6.07) is 8.41. The van der Waals surface area contributed by atoms with Crippen molar-refractivity contribution in [2.24, 2.45) is 5.73 Å². The first-order chi connectivity index (χ1) is 9.00. The minimum Gasteiger partial charge on any atom is -0.371 e. The lowest BCUT2D eigenvalue weighted by molar-refractivity contribution is -0.0267. The van der Waals surface area contributed by atoms with Crippen LogP contribution < -0.4 is 5.73 Å². The summed E-state index contributed by atoms with van der Waals surface area (Å²) < 4.78 is 6.05. The molecule has 1 saturated heterocycles. The molecule has 0 radical (unpaired) electrons. The van der Waals surface area contributed by atoms with Crippen LogP contribution in [-0.4, -0.2) is 30.2 Å². The molecule has 1 unspecified atom stereocenters. The Morgan fingerprint density at radius 1 is 1.32 bits per heavy atom. The number of hydrogen-bond acceptors (Lipinski definition) is 3. The van der Waals surface area contributed by atoms with Gasteiger partial charge < -0.3 is 10.5 Å². The second-order valence-electron chi connectivity index (χ2n) is 6.21. The fraction of sp³-hybridized carbons (Fsp3) is 0.625. The molecular formula is C16H26N2O. The quantitative estimate of drug-likeness (QED) is 0.886. The second kappa shape index (κ2) is 6.04. The van der Waals surface area contributed by atoms with E-state index in [4.69, 9.17) is 10.5 Å². The summed E-state index contributed by atoms with van der Waals surface area (Å²) in [7, 11) is 2.15. The zero-order valence-corrected chi connectivity index (χ0v) is 12.4. The minimum absolute atomic E-state index is 0.0562. The molecular weight excluding hydrogens is 236 g/mol.